The van der Waals surface area contributed by atoms with Crippen molar-refractivity contribution in [3.05, 3.63) is 24.0 Å². The number of nitrogens with zero attached hydrogens (tertiary/aromatic N) is 3. The van der Waals surface area contributed by atoms with Crippen molar-refractivity contribution in [2.45, 2.75) is 29.4 Å². The van der Waals surface area contributed by atoms with Gasteiger partial charge in [0.15, 0.2) is 0 Å². The molecule has 1 saturated carbocycles. The van der Waals surface area contributed by atoms with E-state index >= 15 is 0 Å². The van der Waals surface area contributed by atoms with Crippen LogP contribution in [0.2, 0.25) is 0 Å². The summed E-state index contributed by atoms with van der Waals surface area (Å²) in [5, 5.41) is 0.956. The standard InChI is InChI=1S/C18H21N5O2S2/c1-25-5-2-6-27(24)17-15(19)14-12(10-3-4-10)7-13(23-16(14)26-17)11-8-21-18(20)22-9-11/h7-10H,2-6,19H2,1H3,(H2,20,21,22). The maximum atomic E-state index is 12.7. The number of pyridine rings is 1. The lowest BCUT2D eigenvalue weighted by Crippen LogP contribution is -2.02. The second-order valence-electron chi connectivity index (χ2n) is 6.58. The zero-order chi connectivity index (χ0) is 19.0. The highest BCUT2D eigenvalue weighted by Crippen LogP contribution is 2.48. The van der Waals surface area contributed by atoms with Crippen LogP contribution in [0.3, 0.4) is 0 Å². The highest BCUT2D eigenvalue weighted by atomic mass is 32.2. The molecule has 1 atom stereocenters. The molecule has 1 fully saturated rings. The van der Waals surface area contributed by atoms with Gasteiger partial charge in [-0.25, -0.2) is 15.0 Å². The van der Waals surface area contributed by atoms with Crippen LogP contribution in [0, 0.1) is 0 Å². The lowest BCUT2D eigenvalue weighted by molar-refractivity contribution is 0.200. The average molecular weight is 404 g/mol. The number of rotatable bonds is 7. The number of fused-ring (bicyclic) bond motifs is 1. The SMILES string of the molecule is COCCCS(=O)c1sc2nc(-c3cnc(N)nc3)cc(C3CC3)c2c1N. The third kappa shape index (κ3) is 3.67. The fourth-order valence-electron chi connectivity index (χ4n) is 3.06. The highest BCUT2D eigenvalue weighted by Gasteiger charge is 2.29. The maximum Gasteiger partial charge on any atom is 0.219 e. The Bertz CT molecular complexity index is 999. The monoisotopic (exact) mass is 403 g/mol. The Morgan fingerprint density at radius 1 is 1.30 bits per heavy atom. The van der Waals surface area contributed by atoms with Crippen LogP contribution in [0.15, 0.2) is 22.7 Å². The molecule has 0 aliphatic heterocycles. The topological polar surface area (TPSA) is 117 Å². The lowest BCUT2D eigenvalue weighted by atomic mass is 10.0. The van der Waals surface area contributed by atoms with Gasteiger partial charge in [0.1, 0.15) is 9.04 Å². The third-order valence-corrected chi connectivity index (χ3v) is 7.56. The Hall–Kier alpha value is -2.10. The molecule has 4 N–H and O–H groups in total. The number of thiophene rings is 1. The molecule has 0 aromatic carbocycles. The molecule has 0 amide bonds. The van der Waals surface area contributed by atoms with E-state index in [1.807, 2.05) is 0 Å². The predicted octanol–water partition coefficient (Wildman–Crippen LogP) is 2.94. The normalized spacial score (nSPS) is 15.3. The third-order valence-electron chi connectivity index (χ3n) is 4.57. The summed E-state index contributed by atoms with van der Waals surface area (Å²) < 4.78 is 18.5. The Labute approximate surface area is 163 Å². The zero-order valence-electron chi connectivity index (χ0n) is 15.0. The summed E-state index contributed by atoms with van der Waals surface area (Å²) in [6, 6.07) is 2.07. The minimum absolute atomic E-state index is 0.233. The molecule has 0 spiro atoms. The van der Waals surface area contributed by atoms with Crippen LogP contribution >= 0.6 is 11.3 Å². The Kier molecular flexibility index (Phi) is 5.07. The number of aromatic nitrogens is 3. The van der Waals surface area contributed by atoms with Gasteiger partial charge < -0.3 is 16.2 Å². The van der Waals surface area contributed by atoms with Crippen molar-refractivity contribution < 1.29 is 8.95 Å². The van der Waals surface area contributed by atoms with Crippen LogP contribution in [-0.2, 0) is 15.5 Å². The number of nitrogens with two attached hydrogens (primary N) is 2. The van der Waals surface area contributed by atoms with Gasteiger partial charge in [0.25, 0.3) is 0 Å². The number of hydrogen-bond donors (Lipinski definition) is 2. The molecule has 3 heterocycles. The molecule has 0 bridgehead atoms. The summed E-state index contributed by atoms with van der Waals surface area (Å²) in [6.45, 7) is 0.587. The molecule has 1 aliphatic rings. The van der Waals surface area contributed by atoms with Crippen LogP contribution in [0.25, 0.3) is 21.5 Å². The fraction of sp³-hybridized carbons (Fsp3) is 0.389. The molecular formula is C18H21N5O2S2. The molecule has 4 rings (SSSR count). The minimum atomic E-state index is -1.15. The summed E-state index contributed by atoms with van der Waals surface area (Å²) in [5.41, 5.74) is 15.4. The number of anilines is 2. The van der Waals surface area contributed by atoms with Crippen LogP contribution < -0.4 is 11.5 Å². The molecule has 3 aromatic heterocycles. The summed E-state index contributed by atoms with van der Waals surface area (Å²) in [5.74, 6) is 1.24. The Morgan fingerprint density at radius 2 is 2.04 bits per heavy atom. The van der Waals surface area contributed by atoms with E-state index in [9.17, 15) is 4.21 Å². The zero-order valence-corrected chi connectivity index (χ0v) is 16.6. The van der Waals surface area contributed by atoms with Gasteiger partial charge in [0.2, 0.25) is 5.95 Å². The molecule has 0 radical (unpaired) electrons. The van der Waals surface area contributed by atoms with Crippen molar-refractivity contribution in [2.75, 3.05) is 30.9 Å². The van der Waals surface area contributed by atoms with Gasteiger partial charge >= 0.3 is 0 Å². The number of ether oxygens (including phenoxy) is 1. The van der Waals surface area contributed by atoms with E-state index in [0.29, 0.717) is 28.2 Å². The summed E-state index contributed by atoms with van der Waals surface area (Å²) >= 11 is 1.42. The Morgan fingerprint density at radius 3 is 2.70 bits per heavy atom. The molecule has 27 heavy (non-hydrogen) atoms. The van der Waals surface area contributed by atoms with Crippen molar-refractivity contribution in [3.8, 4) is 11.3 Å². The molecule has 9 heteroatoms. The second kappa shape index (κ2) is 7.49. The van der Waals surface area contributed by atoms with Gasteiger partial charge in [-0.1, -0.05) is 0 Å². The number of methoxy groups -OCH3 is 1. The summed E-state index contributed by atoms with van der Waals surface area (Å²) in [4.78, 5) is 13.7. The van der Waals surface area contributed by atoms with E-state index < -0.39 is 10.8 Å². The lowest BCUT2D eigenvalue weighted by Gasteiger charge is -2.07. The van der Waals surface area contributed by atoms with Gasteiger partial charge in [-0.2, -0.15) is 0 Å². The van der Waals surface area contributed by atoms with Gasteiger partial charge in [-0.3, -0.25) is 4.21 Å². The van der Waals surface area contributed by atoms with Gasteiger partial charge in [0.05, 0.1) is 22.2 Å². The Balaban J connectivity index is 1.78. The maximum absolute atomic E-state index is 12.7. The van der Waals surface area contributed by atoms with E-state index in [-0.39, 0.29) is 5.95 Å². The van der Waals surface area contributed by atoms with Crippen molar-refractivity contribution in [1.82, 2.24) is 15.0 Å². The average Bonchev–Trinajstić information content (AvgIpc) is 3.46. The molecule has 1 unspecified atom stereocenters. The van der Waals surface area contributed by atoms with Gasteiger partial charge in [-0.15, -0.1) is 11.3 Å². The van der Waals surface area contributed by atoms with Crippen molar-refractivity contribution in [2.24, 2.45) is 0 Å². The molecule has 0 saturated heterocycles. The van der Waals surface area contributed by atoms with Crippen molar-refractivity contribution >= 4 is 44.0 Å². The van der Waals surface area contributed by atoms with Gasteiger partial charge in [-0.05, 0) is 36.8 Å². The number of hydrogen-bond acceptors (Lipinski definition) is 8. The predicted molar refractivity (Wildman–Crippen MR) is 109 cm³/mol. The van der Waals surface area contributed by atoms with Gasteiger partial charge in [0, 0.05) is 42.8 Å². The molecule has 7 nitrogen and oxygen atoms in total. The van der Waals surface area contributed by atoms with Crippen LogP contribution in [-0.4, -0.2) is 38.6 Å². The van der Waals surface area contributed by atoms with Crippen molar-refractivity contribution in [1.29, 1.82) is 0 Å². The quantitative estimate of drug-likeness (QED) is 0.582. The van der Waals surface area contributed by atoms with E-state index in [1.54, 1.807) is 19.5 Å². The number of nitrogen functional groups attached to an aromatic ring is 2. The first-order chi connectivity index (χ1) is 13.1. The minimum Gasteiger partial charge on any atom is -0.396 e. The van der Waals surface area contributed by atoms with E-state index in [4.69, 9.17) is 21.2 Å². The van der Waals surface area contributed by atoms with Crippen LogP contribution in [0.4, 0.5) is 11.6 Å². The molecule has 1 aliphatic carbocycles. The van der Waals surface area contributed by atoms with E-state index in [1.165, 1.54) is 16.9 Å². The first-order valence-corrected chi connectivity index (χ1v) is 10.9. The van der Waals surface area contributed by atoms with E-state index in [0.717, 1.165) is 40.7 Å². The van der Waals surface area contributed by atoms with E-state index in [2.05, 4.69) is 16.0 Å². The van der Waals surface area contributed by atoms with Crippen LogP contribution in [0.1, 0.15) is 30.7 Å². The summed E-state index contributed by atoms with van der Waals surface area (Å²) in [7, 11) is 0.492. The smallest absolute Gasteiger partial charge is 0.219 e. The second-order valence-corrected chi connectivity index (χ2v) is 9.35. The molecule has 142 valence electrons. The fourth-order valence-corrected chi connectivity index (χ4v) is 5.69. The van der Waals surface area contributed by atoms with Crippen molar-refractivity contribution in [3.63, 3.8) is 0 Å². The van der Waals surface area contributed by atoms with Crippen LogP contribution in [0.5, 0.6) is 0 Å². The largest absolute Gasteiger partial charge is 0.396 e. The highest BCUT2D eigenvalue weighted by molar-refractivity contribution is 7.87. The molecule has 3 aromatic rings. The summed E-state index contributed by atoms with van der Waals surface area (Å²) in [6.07, 6.45) is 6.35. The first-order valence-electron chi connectivity index (χ1n) is 8.76. The molecular weight excluding hydrogens is 382 g/mol. The first kappa shape index (κ1) is 18.3.